The lowest BCUT2D eigenvalue weighted by molar-refractivity contribution is 0.478. The zero-order chi connectivity index (χ0) is 29.4. The Balaban J connectivity index is 1.14. The summed E-state index contributed by atoms with van der Waals surface area (Å²) in [5, 5.41) is 22.5. The van der Waals surface area contributed by atoms with Crippen molar-refractivity contribution in [1.82, 2.24) is 0 Å². The van der Waals surface area contributed by atoms with Gasteiger partial charge in [-0.15, -0.1) is 23.5 Å². The van der Waals surface area contributed by atoms with Crippen LogP contribution in [-0.4, -0.2) is 21.7 Å². The summed E-state index contributed by atoms with van der Waals surface area (Å²) in [7, 11) is 0. The Morgan fingerprint density at radius 2 is 0.698 bits per heavy atom. The quantitative estimate of drug-likeness (QED) is 0.122. The smallest absolute Gasteiger partial charge is 0.131 e. The van der Waals surface area contributed by atoms with Crippen molar-refractivity contribution < 1.29 is 10.2 Å². The SMILES string of the molecule is Oc1c(-c2ccccc2)cccc1-c1ccccc1SCCCSc1ccccc1-c1cccc(-c2ccccc2)c1O. The van der Waals surface area contributed by atoms with Gasteiger partial charge in [-0.05, 0) is 52.3 Å². The zero-order valence-corrected chi connectivity index (χ0v) is 25.3. The maximum absolute atomic E-state index is 11.2. The van der Waals surface area contributed by atoms with Crippen LogP contribution < -0.4 is 0 Å². The summed E-state index contributed by atoms with van der Waals surface area (Å²) in [6, 6.07) is 48.6. The molecular weight excluding hydrogens is 565 g/mol. The Morgan fingerprint density at radius 3 is 1.14 bits per heavy atom. The van der Waals surface area contributed by atoms with Gasteiger partial charge in [0.25, 0.3) is 0 Å². The molecule has 0 atom stereocenters. The van der Waals surface area contributed by atoms with Gasteiger partial charge in [0.2, 0.25) is 0 Å². The highest BCUT2D eigenvalue weighted by molar-refractivity contribution is 8.00. The van der Waals surface area contributed by atoms with Crippen molar-refractivity contribution in [1.29, 1.82) is 0 Å². The van der Waals surface area contributed by atoms with Gasteiger partial charge in [0, 0.05) is 32.0 Å². The summed E-state index contributed by atoms with van der Waals surface area (Å²) in [6.45, 7) is 0. The van der Waals surface area contributed by atoms with E-state index in [1.807, 2.05) is 133 Å². The molecule has 0 aromatic heterocycles. The number of phenols is 2. The average Bonchev–Trinajstić information content (AvgIpc) is 3.06. The molecule has 6 aromatic rings. The first-order valence-electron chi connectivity index (χ1n) is 14.4. The molecule has 0 fully saturated rings. The lowest BCUT2D eigenvalue weighted by Crippen LogP contribution is -1.90. The van der Waals surface area contributed by atoms with E-state index in [-0.39, 0.29) is 0 Å². The summed E-state index contributed by atoms with van der Waals surface area (Å²) < 4.78 is 0. The number of rotatable bonds is 10. The highest BCUT2D eigenvalue weighted by Gasteiger charge is 2.15. The van der Waals surface area contributed by atoms with Crippen LogP contribution in [0.1, 0.15) is 6.42 Å². The molecule has 0 amide bonds. The van der Waals surface area contributed by atoms with E-state index in [1.165, 1.54) is 0 Å². The van der Waals surface area contributed by atoms with E-state index in [0.29, 0.717) is 11.5 Å². The largest absolute Gasteiger partial charge is 0.507 e. The van der Waals surface area contributed by atoms with Gasteiger partial charge in [-0.2, -0.15) is 0 Å². The van der Waals surface area contributed by atoms with Gasteiger partial charge >= 0.3 is 0 Å². The molecular formula is C39H32O2S2. The van der Waals surface area contributed by atoms with Crippen LogP contribution in [-0.2, 0) is 0 Å². The summed E-state index contributed by atoms with van der Waals surface area (Å²) in [5.74, 6) is 2.54. The first-order valence-corrected chi connectivity index (χ1v) is 16.4. The number of phenolic OH excluding ortho intramolecular Hbond substituents is 2. The van der Waals surface area contributed by atoms with E-state index in [2.05, 4.69) is 36.4 Å². The number of hydrogen-bond acceptors (Lipinski definition) is 4. The molecule has 0 bridgehead atoms. The third-order valence-electron chi connectivity index (χ3n) is 7.40. The zero-order valence-electron chi connectivity index (χ0n) is 23.7. The maximum atomic E-state index is 11.2. The minimum Gasteiger partial charge on any atom is -0.507 e. The molecule has 0 saturated heterocycles. The summed E-state index contributed by atoms with van der Waals surface area (Å²) in [4.78, 5) is 2.33. The number of hydrogen-bond donors (Lipinski definition) is 2. The molecule has 0 unspecified atom stereocenters. The van der Waals surface area contributed by atoms with Gasteiger partial charge in [-0.3, -0.25) is 0 Å². The van der Waals surface area contributed by atoms with E-state index in [4.69, 9.17) is 0 Å². The van der Waals surface area contributed by atoms with Crippen molar-refractivity contribution in [3.8, 4) is 56.0 Å². The maximum Gasteiger partial charge on any atom is 0.131 e. The van der Waals surface area contributed by atoms with Crippen LogP contribution in [0.3, 0.4) is 0 Å². The first-order chi connectivity index (χ1) is 21.2. The van der Waals surface area contributed by atoms with Crippen LogP contribution in [0.2, 0.25) is 0 Å². The minimum atomic E-state index is 0.313. The predicted octanol–water partition coefficient (Wildman–Crippen LogP) is 11.0. The van der Waals surface area contributed by atoms with Crippen molar-refractivity contribution in [2.45, 2.75) is 16.2 Å². The lowest BCUT2D eigenvalue weighted by Gasteiger charge is -2.14. The molecule has 0 radical (unpaired) electrons. The fourth-order valence-corrected chi connectivity index (χ4v) is 7.49. The van der Waals surface area contributed by atoms with E-state index in [1.54, 1.807) is 0 Å². The van der Waals surface area contributed by atoms with Crippen molar-refractivity contribution in [2.75, 3.05) is 11.5 Å². The van der Waals surface area contributed by atoms with E-state index >= 15 is 0 Å². The molecule has 6 rings (SSSR count). The molecule has 0 aliphatic rings. The van der Waals surface area contributed by atoms with Crippen LogP contribution >= 0.6 is 23.5 Å². The third kappa shape index (κ3) is 6.51. The van der Waals surface area contributed by atoms with Crippen molar-refractivity contribution in [3.05, 3.63) is 146 Å². The molecule has 0 aliphatic heterocycles. The van der Waals surface area contributed by atoms with Crippen LogP contribution in [0.15, 0.2) is 155 Å². The Labute approximate surface area is 262 Å². The van der Waals surface area contributed by atoms with Crippen molar-refractivity contribution >= 4 is 23.5 Å². The summed E-state index contributed by atoms with van der Waals surface area (Å²) >= 11 is 3.65. The van der Waals surface area contributed by atoms with Gasteiger partial charge in [0.15, 0.2) is 0 Å². The Morgan fingerprint density at radius 1 is 0.349 bits per heavy atom. The Kier molecular flexibility index (Phi) is 9.17. The molecule has 2 N–H and O–H groups in total. The fourth-order valence-electron chi connectivity index (χ4n) is 5.28. The second-order valence-electron chi connectivity index (χ2n) is 10.2. The molecule has 4 heteroatoms. The number of para-hydroxylation sites is 2. The van der Waals surface area contributed by atoms with Crippen molar-refractivity contribution in [3.63, 3.8) is 0 Å². The minimum absolute atomic E-state index is 0.313. The molecule has 6 aromatic carbocycles. The highest BCUT2D eigenvalue weighted by atomic mass is 32.2. The van der Waals surface area contributed by atoms with Crippen molar-refractivity contribution in [2.24, 2.45) is 0 Å². The summed E-state index contributed by atoms with van der Waals surface area (Å²) in [6.07, 6.45) is 1.02. The summed E-state index contributed by atoms with van der Waals surface area (Å²) in [5.41, 5.74) is 7.50. The Hall–Kier alpha value is -4.38. The first kappa shape index (κ1) is 28.7. The highest BCUT2D eigenvalue weighted by Crippen LogP contribution is 2.43. The molecule has 0 spiro atoms. The van der Waals surface area contributed by atoms with Crippen LogP contribution in [0.4, 0.5) is 0 Å². The lowest BCUT2D eigenvalue weighted by atomic mass is 9.97. The van der Waals surface area contributed by atoms with Gasteiger partial charge in [-0.1, -0.05) is 133 Å². The number of thioether (sulfide) groups is 2. The number of benzene rings is 6. The topological polar surface area (TPSA) is 40.5 Å². The molecule has 2 nitrogen and oxygen atoms in total. The fraction of sp³-hybridized carbons (Fsp3) is 0.0769. The molecule has 212 valence electrons. The van der Waals surface area contributed by atoms with E-state index < -0.39 is 0 Å². The van der Waals surface area contributed by atoms with Gasteiger partial charge < -0.3 is 10.2 Å². The standard InChI is InChI=1S/C39H32O2S2/c40-38-30(28-14-3-1-4-15-28)20-11-22-34(38)32-18-7-9-24-36(32)42-26-13-27-43-37-25-10-8-19-33(37)35-23-12-21-31(39(35)41)29-16-5-2-6-17-29/h1-12,14-25,40-41H,13,26-27H2. The third-order valence-corrected chi connectivity index (χ3v) is 9.72. The second-order valence-corrected chi connectivity index (χ2v) is 12.5. The normalized spacial score (nSPS) is 11.0. The van der Waals surface area contributed by atoms with E-state index in [0.717, 1.165) is 72.2 Å². The van der Waals surface area contributed by atoms with Crippen LogP contribution in [0, 0.1) is 0 Å². The second kappa shape index (κ2) is 13.7. The molecule has 43 heavy (non-hydrogen) atoms. The van der Waals surface area contributed by atoms with Crippen LogP contribution in [0.5, 0.6) is 11.5 Å². The van der Waals surface area contributed by atoms with Crippen LogP contribution in [0.25, 0.3) is 44.5 Å². The van der Waals surface area contributed by atoms with E-state index in [9.17, 15) is 10.2 Å². The number of aromatic hydroxyl groups is 2. The Bertz CT molecular complexity index is 1680. The van der Waals surface area contributed by atoms with Gasteiger partial charge in [-0.25, -0.2) is 0 Å². The molecule has 0 aliphatic carbocycles. The monoisotopic (exact) mass is 596 g/mol. The molecule has 0 saturated carbocycles. The van der Waals surface area contributed by atoms with Gasteiger partial charge in [0.1, 0.15) is 11.5 Å². The molecule has 0 heterocycles. The average molecular weight is 597 g/mol. The predicted molar refractivity (Wildman–Crippen MR) is 184 cm³/mol. The van der Waals surface area contributed by atoms with Gasteiger partial charge in [0.05, 0.1) is 0 Å².